The van der Waals surface area contributed by atoms with Crippen LogP contribution in [0.3, 0.4) is 0 Å². The number of carbonyl (C=O) groups is 1. The summed E-state index contributed by atoms with van der Waals surface area (Å²) in [5, 5.41) is 12.7. The van der Waals surface area contributed by atoms with Crippen LogP contribution in [0.15, 0.2) is 28.8 Å². The van der Waals surface area contributed by atoms with E-state index in [0.29, 0.717) is 17.3 Å². The third-order valence-electron chi connectivity index (χ3n) is 2.30. The van der Waals surface area contributed by atoms with Crippen molar-refractivity contribution in [2.45, 2.75) is 19.8 Å². The fourth-order valence-electron chi connectivity index (χ4n) is 1.48. The van der Waals surface area contributed by atoms with Crippen LogP contribution < -0.4 is 0 Å². The Balaban J connectivity index is 2.32. The van der Waals surface area contributed by atoms with E-state index >= 15 is 0 Å². The average molecular weight is 232 g/mol. The molecule has 0 amide bonds. The third-order valence-corrected chi connectivity index (χ3v) is 2.30. The number of nitrogens with zero attached hydrogens (tertiary/aromatic N) is 2. The number of rotatable bonds is 4. The molecular formula is C12H12N2O3. The van der Waals surface area contributed by atoms with Gasteiger partial charge < -0.3 is 9.63 Å². The van der Waals surface area contributed by atoms with E-state index in [1.807, 2.05) is 6.92 Å². The quantitative estimate of drug-likeness (QED) is 0.875. The summed E-state index contributed by atoms with van der Waals surface area (Å²) < 4.78 is 5.08. The van der Waals surface area contributed by atoms with Gasteiger partial charge in [-0.1, -0.05) is 18.1 Å². The number of hydrogen-bond donors (Lipinski definition) is 1. The topological polar surface area (TPSA) is 76.2 Å². The van der Waals surface area contributed by atoms with E-state index in [9.17, 15) is 4.79 Å². The van der Waals surface area contributed by atoms with E-state index in [4.69, 9.17) is 9.63 Å². The first-order valence-corrected chi connectivity index (χ1v) is 5.37. The molecule has 0 aliphatic carbocycles. The van der Waals surface area contributed by atoms with Gasteiger partial charge in [-0.25, -0.2) is 4.79 Å². The zero-order valence-corrected chi connectivity index (χ0v) is 9.38. The molecule has 88 valence electrons. The molecule has 0 saturated heterocycles. The number of aryl methyl sites for hydroxylation is 1. The molecule has 17 heavy (non-hydrogen) atoms. The summed E-state index contributed by atoms with van der Waals surface area (Å²) in [7, 11) is 0. The molecule has 5 nitrogen and oxygen atoms in total. The number of benzene rings is 1. The van der Waals surface area contributed by atoms with Gasteiger partial charge in [0.2, 0.25) is 0 Å². The normalized spacial score (nSPS) is 10.4. The first kappa shape index (κ1) is 11.3. The third kappa shape index (κ3) is 2.50. The number of carboxylic acid groups (broad SMARTS) is 1. The molecule has 0 fully saturated rings. The van der Waals surface area contributed by atoms with Gasteiger partial charge in [-0.3, -0.25) is 0 Å². The second kappa shape index (κ2) is 4.78. The molecule has 2 aromatic rings. The molecule has 2 rings (SSSR count). The van der Waals surface area contributed by atoms with Gasteiger partial charge in [0.15, 0.2) is 5.82 Å². The Morgan fingerprint density at radius 2 is 2.29 bits per heavy atom. The zero-order valence-electron chi connectivity index (χ0n) is 9.38. The van der Waals surface area contributed by atoms with Crippen molar-refractivity contribution in [2.24, 2.45) is 0 Å². The monoisotopic (exact) mass is 232 g/mol. The van der Waals surface area contributed by atoms with Gasteiger partial charge in [0.05, 0.1) is 5.56 Å². The molecule has 0 unspecified atom stereocenters. The van der Waals surface area contributed by atoms with Gasteiger partial charge in [0.1, 0.15) is 0 Å². The Morgan fingerprint density at radius 3 is 3.00 bits per heavy atom. The van der Waals surface area contributed by atoms with E-state index in [1.165, 1.54) is 12.1 Å². The lowest BCUT2D eigenvalue weighted by Crippen LogP contribution is -1.95. The molecule has 0 bridgehead atoms. The molecular weight excluding hydrogens is 220 g/mol. The fraction of sp³-hybridized carbons (Fsp3) is 0.250. The lowest BCUT2D eigenvalue weighted by Gasteiger charge is -1.96. The van der Waals surface area contributed by atoms with E-state index in [0.717, 1.165) is 12.8 Å². The molecule has 1 aromatic carbocycles. The van der Waals surface area contributed by atoms with Crippen LogP contribution in [-0.2, 0) is 6.42 Å². The lowest BCUT2D eigenvalue weighted by molar-refractivity contribution is 0.0697. The Labute approximate surface area is 98.1 Å². The van der Waals surface area contributed by atoms with Crippen LogP contribution >= 0.6 is 0 Å². The zero-order chi connectivity index (χ0) is 12.3. The molecule has 0 radical (unpaired) electrons. The van der Waals surface area contributed by atoms with Crippen molar-refractivity contribution in [3.05, 3.63) is 35.7 Å². The maximum absolute atomic E-state index is 10.8. The van der Waals surface area contributed by atoms with Gasteiger partial charge in [0, 0.05) is 12.0 Å². The van der Waals surface area contributed by atoms with Crippen LogP contribution in [0, 0.1) is 0 Å². The molecule has 1 N–H and O–H groups in total. The van der Waals surface area contributed by atoms with Gasteiger partial charge in [-0.05, 0) is 24.6 Å². The highest BCUT2D eigenvalue weighted by atomic mass is 16.5. The Kier molecular flexibility index (Phi) is 3.18. The van der Waals surface area contributed by atoms with Crippen molar-refractivity contribution in [1.82, 2.24) is 10.1 Å². The fourth-order valence-corrected chi connectivity index (χ4v) is 1.48. The summed E-state index contributed by atoms with van der Waals surface area (Å²) in [5.74, 6) is 0.0277. The predicted octanol–water partition coefficient (Wildman–Crippen LogP) is 2.39. The average Bonchev–Trinajstić information content (AvgIpc) is 2.78. The summed E-state index contributed by atoms with van der Waals surface area (Å²) in [5.41, 5.74) is 0.831. The van der Waals surface area contributed by atoms with Crippen molar-refractivity contribution >= 4 is 5.97 Å². The van der Waals surface area contributed by atoms with Crippen molar-refractivity contribution in [1.29, 1.82) is 0 Å². The molecule has 0 atom stereocenters. The van der Waals surface area contributed by atoms with Crippen molar-refractivity contribution in [3.63, 3.8) is 0 Å². The van der Waals surface area contributed by atoms with Gasteiger partial charge in [0.25, 0.3) is 5.89 Å². The summed E-state index contributed by atoms with van der Waals surface area (Å²) in [6.45, 7) is 2.03. The highest BCUT2D eigenvalue weighted by Gasteiger charge is 2.10. The van der Waals surface area contributed by atoms with Crippen molar-refractivity contribution in [2.75, 3.05) is 0 Å². The first-order valence-electron chi connectivity index (χ1n) is 5.37. The van der Waals surface area contributed by atoms with Crippen LogP contribution in [0.5, 0.6) is 0 Å². The Bertz CT molecular complexity index is 534. The van der Waals surface area contributed by atoms with Crippen LogP contribution in [-0.4, -0.2) is 21.2 Å². The van der Waals surface area contributed by atoms with Crippen LogP contribution in [0.4, 0.5) is 0 Å². The summed E-state index contributed by atoms with van der Waals surface area (Å²) in [6.07, 6.45) is 1.69. The van der Waals surface area contributed by atoms with Crippen LogP contribution in [0.1, 0.15) is 29.5 Å². The van der Waals surface area contributed by atoms with Crippen molar-refractivity contribution < 1.29 is 14.4 Å². The lowest BCUT2D eigenvalue weighted by atomic mass is 10.1. The minimum atomic E-state index is -0.972. The van der Waals surface area contributed by atoms with Crippen LogP contribution in [0.2, 0.25) is 0 Å². The highest BCUT2D eigenvalue weighted by molar-refractivity contribution is 5.88. The smallest absolute Gasteiger partial charge is 0.335 e. The summed E-state index contributed by atoms with van der Waals surface area (Å²) in [4.78, 5) is 15.0. The van der Waals surface area contributed by atoms with Gasteiger partial charge in [-0.2, -0.15) is 4.98 Å². The number of aromatic carboxylic acids is 1. The highest BCUT2D eigenvalue weighted by Crippen LogP contribution is 2.18. The number of aromatic nitrogens is 2. The largest absolute Gasteiger partial charge is 0.478 e. The SMILES string of the molecule is CCCc1noc(-c2cccc(C(=O)O)c2)n1. The van der Waals surface area contributed by atoms with E-state index < -0.39 is 5.97 Å². The van der Waals surface area contributed by atoms with Gasteiger partial charge in [-0.15, -0.1) is 0 Å². The first-order chi connectivity index (χ1) is 8.20. The van der Waals surface area contributed by atoms with Crippen molar-refractivity contribution in [3.8, 4) is 11.5 Å². The van der Waals surface area contributed by atoms with Gasteiger partial charge >= 0.3 is 5.97 Å². The molecule has 5 heteroatoms. The molecule has 1 aromatic heterocycles. The van der Waals surface area contributed by atoms with E-state index in [1.54, 1.807) is 12.1 Å². The Morgan fingerprint density at radius 1 is 1.47 bits per heavy atom. The maximum atomic E-state index is 10.8. The molecule has 0 saturated carbocycles. The summed E-state index contributed by atoms with van der Waals surface area (Å²) >= 11 is 0. The predicted molar refractivity (Wildman–Crippen MR) is 60.7 cm³/mol. The minimum Gasteiger partial charge on any atom is -0.478 e. The van der Waals surface area contributed by atoms with Crippen LogP contribution in [0.25, 0.3) is 11.5 Å². The number of carboxylic acids is 1. The minimum absolute atomic E-state index is 0.206. The van der Waals surface area contributed by atoms with E-state index in [2.05, 4.69) is 10.1 Å². The molecule has 1 heterocycles. The molecule has 0 spiro atoms. The molecule has 0 aliphatic heterocycles. The maximum Gasteiger partial charge on any atom is 0.335 e. The number of hydrogen-bond acceptors (Lipinski definition) is 4. The Hall–Kier alpha value is -2.17. The standard InChI is InChI=1S/C12H12N2O3/c1-2-4-10-13-11(17-14-10)8-5-3-6-9(7-8)12(15)16/h3,5-7H,2,4H2,1H3,(H,15,16). The second-order valence-electron chi connectivity index (χ2n) is 3.65. The molecule has 0 aliphatic rings. The second-order valence-corrected chi connectivity index (χ2v) is 3.65. The van der Waals surface area contributed by atoms with E-state index in [-0.39, 0.29) is 5.56 Å². The summed E-state index contributed by atoms with van der Waals surface area (Å²) in [6, 6.07) is 6.44.